The first-order valence-electron chi connectivity index (χ1n) is 5.87. The number of piperidine rings is 1. The van der Waals surface area contributed by atoms with Gasteiger partial charge in [-0.1, -0.05) is 6.92 Å². The summed E-state index contributed by atoms with van der Waals surface area (Å²) in [6.45, 7) is 4.83. The number of aliphatic hydroxyl groups is 1. The van der Waals surface area contributed by atoms with Crippen molar-refractivity contribution in [2.45, 2.75) is 32.6 Å². The number of urea groups is 1. The van der Waals surface area contributed by atoms with E-state index in [2.05, 4.69) is 12.2 Å². The molecule has 2 amide bonds. The van der Waals surface area contributed by atoms with Crippen LogP contribution in [0.5, 0.6) is 0 Å². The molecule has 1 atom stereocenters. The molecule has 0 aromatic heterocycles. The molecule has 0 radical (unpaired) electrons. The lowest BCUT2D eigenvalue weighted by Gasteiger charge is -2.30. The Bertz CT molecular complexity index is 197. The summed E-state index contributed by atoms with van der Waals surface area (Å²) in [5, 5.41) is 11.5. The second-order valence-electron chi connectivity index (χ2n) is 4.36. The van der Waals surface area contributed by atoms with Crippen LogP contribution in [0.3, 0.4) is 0 Å². The summed E-state index contributed by atoms with van der Waals surface area (Å²) >= 11 is 0. The zero-order valence-electron chi connectivity index (χ0n) is 9.54. The molecule has 1 aliphatic rings. The number of carbonyl (C=O) groups excluding carboxylic acids is 1. The summed E-state index contributed by atoms with van der Waals surface area (Å²) < 4.78 is 0. The van der Waals surface area contributed by atoms with E-state index in [4.69, 9.17) is 5.11 Å². The van der Waals surface area contributed by atoms with Crippen molar-refractivity contribution in [2.24, 2.45) is 5.92 Å². The fraction of sp³-hybridized carbons (Fsp3) is 0.909. The first-order chi connectivity index (χ1) is 7.24. The smallest absolute Gasteiger partial charge is 0.317 e. The van der Waals surface area contributed by atoms with Crippen LogP contribution in [-0.2, 0) is 0 Å². The van der Waals surface area contributed by atoms with Gasteiger partial charge in [-0.25, -0.2) is 4.79 Å². The third-order valence-corrected chi connectivity index (χ3v) is 2.81. The van der Waals surface area contributed by atoms with E-state index in [9.17, 15) is 4.79 Å². The van der Waals surface area contributed by atoms with Gasteiger partial charge in [0.15, 0.2) is 0 Å². The van der Waals surface area contributed by atoms with Gasteiger partial charge in [0.1, 0.15) is 0 Å². The molecule has 0 saturated carbocycles. The van der Waals surface area contributed by atoms with Crippen LogP contribution >= 0.6 is 0 Å². The lowest BCUT2D eigenvalue weighted by atomic mass is 10.0. The fourth-order valence-corrected chi connectivity index (χ4v) is 1.92. The highest BCUT2D eigenvalue weighted by molar-refractivity contribution is 5.74. The van der Waals surface area contributed by atoms with E-state index in [0.29, 0.717) is 12.5 Å². The van der Waals surface area contributed by atoms with Crippen LogP contribution in [0.2, 0.25) is 0 Å². The Morgan fingerprint density at radius 2 is 2.33 bits per heavy atom. The maximum absolute atomic E-state index is 11.7. The highest BCUT2D eigenvalue weighted by atomic mass is 16.3. The molecule has 0 aromatic carbocycles. The van der Waals surface area contributed by atoms with Crippen LogP contribution in [0.4, 0.5) is 4.79 Å². The summed E-state index contributed by atoms with van der Waals surface area (Å²) in [4.78, 5) is 13.6. The van der Waals surface area contributed by atoms with Crippen molar-refractivity contribution in [2.75, 3.05) is 26.2 Å². The SMILES string of the molecule is CC1CCCN(C(=O)NCCCCO)C1. The Kier molecular flexibility index (Phi) is 5.47. The first kappa shape index (κ1) is 12.3. The summed E-state index contributed by atoms with van der Waals surface area (Å²) in [6.07, 6.45) is 3.96. The second kappa shape index (κ2) is 6.67. The Morgan fingerprint density at radius 3 is 3.00 bits per heavy atom. The number of unbranched alkanes of at least 4 members (excludes halogenated alkanes) is 1. The molecule has 1 aliphatic heterocycles. The average Bonchev–Trinajstić information content (AvgIpc) is 2.24. The largest absolute Gasteiger partial charge is 0.396 e. The van der Waals surface area contributed by atoms with E-state index in [0.717, 1.165) is 32.4 Å². The number of aliphatic hydroxyl groups excluding tert-OH is 1. The van der Waals surface area contributed by atoms with Crippen LogP contribution in [0.1, 0.15) is 32.6 Å². The minimum absolute atomic E-state index is 0.0551. The third-order valence-electron chi connectivity index (χ3n) is 2.81. The van der Waals surface area contributed by atoms with Crippen molar-refractivity contribution in [3.05, 3.63) is 0 Å². The third kappa shape index (κ3) is 4.51. The zero-order chi connectivity index (χ0) is 11.1. The van der Waals surface area contributed by atoms with Crippen LogP contribution in [-0.4, -0.2) is 42.3 Å². The van der Waals surface area contributed by atoms with E-state index >= 15 is 0 Å². The summed E-state index contributed by atoms with van der Waals surface area (Å²) in [7, 11) is 0. The van der Waals surface area contributed by atoms with E-state index in [1.165, 1.54) is 6.42 Å². The molecule has 0 aliphatic carbocycles. The number of amides is 2. The first-order valence-corrected chi connectivity index (χ1v) is 5.87. The molecule has 15 heavy (non-hydrogen) atoms. The minimum Gasteiger partial charge on any atom is -0.396 e. The van der Waals surface area contributed by atoms with Crippen molar-refractivity contribution < 1.29 is 9.90 Å². The van der Waals surface area contributed by atoms with Crippen LogP contribution < -0.4 is 5.32 Å². The molecule has 0 spiro atoms. The molecule has 88 valence electrons. The number of nitrogens with one attached hydrogen (secondary N) is 1. The van der Waals surface area contributed by atoms with Gasteiger partial charge in [-0.3, -0.25) is 0 Å². The van der Waals surface area contributed by atoms with E-state index in [-0.39, 0.29) is 12.6 Å². The molecular formula is C11H22N2O2. The normalized spacial score (nSPS) is 21.5. The summed E-state index contributed by atoms with van der Waals surface area (Å²) in [5.74, 6) is 0.627. The monoisotopic (exact) mass is 214 g/mol. The number of likely N-dealkylation sites (tertiary alicyclic amines) is 1. The molecule has 1 saturated heterocycles. The van der Waals surface area contributed by atoms with Crippen molar-refractivity contribution in [3.63, 3.8) is 0 Å². The molecular weight excluding hydrogens is 192 g/mol. The van der Waals surface area contributed by atoms with Gasteiger partial charge in [0.05, 0.1) is 0 Å². The van der Waals surface area contributed by atoms with Gasteiger partial charge in [0.25, 0.3) is 0 Å². The van der Waals surface area contributed by atoms with E-state index < -0.39 is 0 Å². The second-order valence-corrected chi connectivity index (χ2v) is 4.36. The number of hydrogen-bond acceptors (Lipinski definition) is 2. The summed E-state index contributed by atoms with van der Waals surface area (Å²) in [5.41, 5.74) is 0. The maximum Gasteiger partial charge on any atom is 0.317 e. The van der Waals surface area contributed by atoms with Gasteiger partial charge in [0.2, 0.25) is 0 Å². The molecule has 0 aromatic rings. The Morgan fingerprint density at radius 1 is 1.53 bits per heavy atom. The molecule has 4 nitrogen and oxygen atoms in total. The number of nitrogens with zero attached hydrogens (tertiary/aromatic N) is 1. The Labute approximate surface area is 91.6 Å². The highest BCUT2D eigenvalue weighted by Crippen LogP contribution is 2.15. The molecule has 2 N–H and O–H groups in total. The van der Waals surface area contributed by atoms with Gasteiger partial charge >= 0.3 is 6.03 Å². The quantitative estimate of drug-likeness (QED) is 0.691. The fourth-order valence-electron chi connectivity index (χ4n) is 1.92. The van der Waals surface area contributed by atoms with Crippen molar-refractivity contribution in [1.82, 2.24) is 10.2 Å². The predicted octanol–water partition coefficient (Wildman–Crippen LogP) is 1.20. The van der Waals surface area contributed by atoms with Gasteiger partial charge < -0.3 is 15.3 Å². The number of rotatable bonds is 4. The topological polar surface area (TPSA) is 52.6 Å². The maximum atomic E-state index is 11.7. The summed E-state index contributed by atoms with van der Waals surface area (Å²) in [6, 6.07) is 0.0551. The van der Waals surface area contributed by atoms with Crippen molar-refractivity contribution in [1.29, 1.82) is 0 Å². The van der Waals surface area contributed by atoms with Crippen molar-refractivity contribution in [3.8, 4) is 0 Å². The van der Waals surface area contributed by atoms with Gasteiger partial charge in [-0.15, -0.1) is 0 Å². The molecule has 1 fully saturated rings. The predicted molar refractivity (Wildman–Crippen MR) is 59.7 cm³/mol. The van der Waals surface area contributed by atoms with E-state index in [1.807, 2.05) is 4.90 Å². The van der Waals surface area contributed by atoms with Crippen molar-refractivity contribution >= 4 is 6.03 Å². The van der Waals surface area contributed by atoms with Crippen LogP contribution in [0, 0.1) is 5.92 Å². The molecule has 1 heterocycles. The van der Waals surface area contributed by atoms with Crippen LogP contribution in [0.15, 0.2) is 0 Å². The minimum atomic E-state index is 0.0551. The number of hydrogen-bond donors (Lipinski definition) is 2. The lowest BCUT2D eigenvalue weighted by Crippen LogP contribution is -2.45. The molecule has 1 unspecified atom stereocenters. The number of carbonyl (C=O) groups is 1. The van der Waals surface area contributed by atoms with Gasteiger partial charge in [-0.05, 0) is 31.6 Å². The molecule has 0 bridgehead atoms. The average molecular weight is 214 g/mol. The zero-order valence-corrected chi connectivity index (χ0v) is 9.54. The van der Waals surface area contributed by atoms with Gasteiger partial charge in [0, 0.05) is 26.2 Å². The van der Waals surface area contributed by atoms with E-state index in [1.54, 1.807) is 0 Å². The Balaban J connectivity index is 2.15. The molecule has 4 heteroatoms. The standard InChI is InChI=1S/C11H22N2O2/c1-10-5-4-7-13(9-10)11(15)12-6-2-3-8-14/h10,14H,2-9H2,1H3,(H,12,15). The Hall–Kier alpha value is -0.770. The molecule has 1 rings (SSSR count). The highest BCUT2D eigenvalue weighted by Gasteiger charge is 2.19. The van der Waals surface area contributed by atoms with Gasteiger partial charge in [-0.2, -0.15) is 0 Å². The lowest BCUT2D eigenvalue weighted by molar-refractivity contribution is 0.169. The van der Waals surface area contributed by atoms with Crippen LogP contribution in [0.25, 0.3) is 0 Å².